The van der Waals surface area contributed by atoms with Crippen LogP contribution in [0.2, 0.25) is 0 Å². The van der Waals surface area contributed by atoms with Crippen LogP contribution in [-0.2, 0) is 0 Å². The van der Waals surface area contributed by atoms with Gasteiger partial charge in [-0.25, -0.2) is 0 Å². The molecule has 0 radical (unpaired) electrons. The number of benzene rings is 1. The Kier molecular flexibility index (Phi) is 5.72. The molecule has 0 aliphatic rings. The lowest BCUT2D eigenvalue weighted by molar-refractivity contribution is 0.199. The van der Waals surface area contributed by atoms with Crippen molar-refractivity contribution in [2.75, 3.05) is 18.5 Å². The van der Waals surface area contributed by atoms with E-state index in [1.165, 1.54) is 0 Å². The fourth-order valence-electron chi connectivity index (χ4n) is 1.69. The maximum absolute atomic E-state index is 9.51. The molecular weight excluding hydrogens is 278 g/mol. The van der Waals surface area contributed by atoms with Crippen LogP contribution in [0.15, 0.2) is 35.3 Å². The Balaban J connectivity index is 2.73. The van der Waals surface area contributed by atoms with Crippen LogP contribution in [0.4, 0.5) is 5.69 Å². The largest absolute Gasteiger partial charge is 0.389 e. The molecular formula is C14H20BrNO. The van der Waals surface area contributed by atoms with Crippen LogP contribution in [0.1, 0.15) is 31.4 Å². The first kappa shape index (κ1) is 14.3. The lowest BCUT2D eigenvalue weighted by atomic mass is 10.1. The van der Waals surface area contributed by atoms with E-state index in [9.17, 15) is 5.11 Å². The molecule has 0 bridgehead atoms. The predicted molar refractivity (Wildman–Crippen MR) is 77.5 cm³/mol. The highest BCUT2D eigenvalue weighted by Gasteiger charge is 2.08. The first-order valence-corrected chi connectivity index (χ1v) is 6.65. The second kappa shape index (κ2) is 6.82. The molecule has 0 amide bonds. The molecule has 0 fully saturated rings. The van der Waals surface area contributed by atoms with Crippen molar-refractivity contribution in [3.8, 4) is 0 Å². The molecule has 0 heterocycles. The Morgan fingerprint density at radius 3 is 2.76 bits per heavy atom. The van der Waals surface area contributed by atoms with Gasteiger partial charge >= 0.3 is 0 Å². The van der Waals surface area contributed by atoms with Crippen molar-refractivity contribution in [3.63, 3.8) is 0 Å². The zero-order valence-electron chi connectivity index (χ0n) is 10.5. The van der Waals surface area contributed by atoms with Gasteiger partial charge in [0.25, 0.3) is 0 Å². The van der Waals surface area contributed by atoms with E-state index in [0.717, 1.165) is 35.1 Å². The lowest BCUT2D eigenvalue weighted by Gasteiger charge is -2.21. The highest BCUT2D eigenvalue weighted by Crippen LogP contribution is 2.28. The van der Waals surface area contributed by atoms with Gasteiger partial charge in [-0.1, -0.05) is 12.1 Å². The molecule has 94 valence electrons. The van der Waals surface area contributed by atoms with Crippen LogP contribution in [0.5, 0.6) is 0 Å². The van der Waals surface area contributed by atoms with Crippen LogP contribution in [-0.4, -0.2) is 18.7 Å². The summed E-state index contributed by atoms with van der Waals surface area (Å²) in [4.78, 5) is 2.21. The van der Waals surface area contributed by atoms with Crippen LogP contribution >= 0.6 is 15.9 Å². The summed E-state index contributed by atoms with van der Waals surface area (Å²) >= 11 is 3.55. The summed E-state index contributed by atoms with van der Waals surface area (Å²) in [6, 6.07) is 5.98. The first-order chi connectivity index (χ1) is 8.06. The van der Waals surface area contributed by atoms with Crippen molar-refractivity contribution in [2.24, 2.45) is 0 Å². The topological polar surface area (TPSA) is 23.5 Å². The summed E-state index contributed by atoms with van der Waals surface area (Å²) in [7, 11) is 2.07. The SMILES string of the molecule is C=CCCCN(C)c1ccc([C@H](C)O)cc1Br. The third-order valence-electron chi connectivity index (χ3n) is 2.77. The standard InChI is InChI=1S/C14H20BrNO/c1-4-5-6-9-16(3)14-8-7-12(11(2)17)10-13(14)15/h4,7-8,10-11,17H,1,5-6,9H2,2-3H3/t11-/m0/s1. The number of aliphatic hydroxyl groups excluding tert-OH is 1. The minimum absolute atomic E-state index is 0.425. The number of unbranched alkanes of at least 4 members (excludes halogenated alkanes) is 1. The molecule has 0 aliphatic heterocycles. The Morgan fingerprint density at radius 2 is 2.24 bits per heavy atom. The van der Waals surface area contributed by atoms with Crippen molar-refractivity contribution < 1.29 is 5.11 Å². The van der Waals surface area contributed by atoms with Crippen molar-refractivity contribution in [3.05, 3.63) is 40.9 Å². The first-order valence-electron chi connectivity index (χ1n) is 5.85. The Hall–Kier alpha value is -0.800. The van der Waals surface area contributed by atoms with E-state index in [2.05, 4.69) is 34.5 Å². The monoisotopic (exact) mass is 297 g/mol. The van der Waals surface area contributed by atoms with Gasteiger partial charge in [0.15, 0.2) is 0 Å². The van der Waals surface area contributed by atoms with E-state index in [0.29, 0.717) is 0 Å². The Morgan fingerprint density at radius 1 is 1.53 bits per heavy atom. The predicted octanol–water partition coefficient (Wildman–Crippen LogP) is 3.90. The Bertz CT molecular complexity index is 376. The van der Waals surface area contributed by atoms with Gasteiger partial charge in [0.1, 0.15) is 0 Å². The molecule has 0 aromatic heterocycles. The minimum atomic E-state index is -0.425. The number of hydrogen-bond donors (Lipinski definition) is 1. The second-order valence-electron chi connectivity index (χ2n) is 4.24. The average Bonchev–Trinajstić information content (AvgIpc) is 2.28. The average molecular weight is 298 g/mol. The summed E-state index contributed by atoms with van der Waals surface area (Å²) in [5, 5.41) is 9.51. The summed E-state index contributed by atoms with van der Waals surface area (Å²) in [6.45, 7) is 6.49. The summed E-state index contributed by atoms with van der Waals surface area (Å²) in [6.07, 6.45) is 3.66. The number of hydrogen-bond acceptors (Lipinski definition) is 2. The van der Waals surface area contributed by atoms with E-state index in [4.69, 9.17) is 0 Å². The number of allylic oxidation sites excluding steroid dienone is 1. The molecule has 1 rings (SSSR count). The highest BCUT2D eigenvalue weighted by molar-refractivity contribution is 9.10. The molecule has 1 atom stereocenters. The molecule has 0 saturated carbocycles. The molecule has 1 aromatic carbocycles. The zero-order valence-corrected chi connectivity index (χ0v) is 12.1. The third kappa shape index (κ3) is 4.17. The summed E-state index contributed by atoms with van der Waals surface area (Å²) in [5.74, 6) is 0. The van der Waals surface area contributed by atoms with E-state index < -0.39 is 6.10 Å². The zero-order chi connectivity index (χ0) is 12.8. The van der Waals surface area contributed by atoms with Gasteiger partial charge in [-0.15, -0.1) is 6.58 Å². The van der Waals surface area contributed by atoms with E-state index >= 15 is 0 Å². The number of anilines is 1. The van der Waals surface area contributed by atoms with Gasteiger partial charge in [0.05, 0.1) is 11.8 Å². The molecule has 0 aliphatic carbocycles. The van der Waals surface area contributed by atoms with Gasteiger partial charge in [-0.05, 0) is 53.4 Å². The summed E-state index contributed by atoms with van der Waals surface area (Å²) < 4.78 is 1.03. The smallest absolute Gasteiger partial charge is 0.0762 e. The molecule has 2 nitrogen and oxygen atoms in total. The molecule has 0 spiro atoms. The number of aliphatic hydroxyl groups is 1. The van der Waals surface area contributed by atoms with Gasteiger partial charge in [0.2, 0.25) is 0 Å². The van der Waals surface area contributed by atoms with Crippen LogP contribution in [0.3, 0.4) is 0 Å². The van der Waals surface area contributed by atoms with E-state index in [1.807, 2.05) is 24.3 Å². The van der Waals surface area contributed by atoms with Gasteiger partial charge < -0.3 is 10.0 Å². The van der Waals surface area contributed by atoms with Crippen molar-refractivity contribution >= 4 is 21.6 Å². The highest BCUT2D eigenvalue weighted by atomic mass is 79.9. The van der Waals surface area contributed by atoms with Gasteiger partial charge in [0, 0.05) is 18.1 Å². The van der Waals surface area contributed by atoms with Crippen molar-refractivity contribution in [1.29, 1.82) is 0 Å². The molecule has 3 heteroatoms. The maximum atomic E-state index is 9.51. The van der Waals surface area contributed by atoms with Crippen LogP contribution in [0, 0.1) is 0 Å². The molecule has 1 aromatic rings. The fraction of sp³-hybridized carbons (Fsp3) is 0.429. The minimum Gasteiger partial charge on any atom is -0.389 e. The molecule has 17 heavy (non-hydrogen) atoms. The van der Waals surface area contributed by atoms with Crippen molar-refractivity contribution in [2.45, 2.75) is 25.9 Å². The normalized spacial score (nSPS) is 12.2. The summed E-state index contributed by atoms with van der Waals surface area (Å²) in [5.41, 5.74) is 2.08. The van der Waals surface area contributed by atoms with Crippen LogP contribution in [0.25, 0.3) is 0 Å². The lowest BCUT2D eigenvalue weighted by Crippen LogP contribution is -2.18. The van der Waals surface area contributed by atoms with E-state index in [1.54, 1.807) is 6.92 Å². The number of rotatable bonds is 6. The van der Waals surface area contributed by atoms with E-state index in [-0.39, 0.29) is 0 Å². The maximum Gasteiger partial charge on any atom is 0.0762 e. The fourth-order valence-corrected chi connectivity index (χ4v) is 2.39. The molecule has 0 unspecified atom stereocenters. The van der Waals surface area contributed by atoms with Gasteiger partial charge in [-0.2, -0.15) is 0 Å². The number of nitrogens with zero attached hydrogens (tertiary/aromatic N) is 1. The Labute approximate surface area is 112 Å². The van der Waals surface area contributed by atoms with Crippen molar-refractivity contribution in [1.82, 2.24) is 0 Å². The number of halogens is 1. The van der Waals surface area contributed by atoms with Crippen LogP contribution < -0.4 is 4.90 Å². The molecule has 1 N–H and O–H groups in total. The third-order valence-corrected chi connectivity index (χ3v) is 3.40. The molecule has 0 saturated heterocycles. The second-order valence-corrected chi connectivity index (χ2v) is 5.09. The quantitative estimate of drug-likeness (QED) is 0.636. The van der Waals surface area contributed by atoms with Gasteiger partial charge in [-0.3, -0.25) is 0 Å².